The highest BCUT2D eigenvalue weighted by Crippen LogP contribution is 2.23. The molecule has 1 aromatic heterocycles. The van der Waals surface area contributed by atoms with Crippen molar-refractivity contribution in [2.24, 2.45) is 4.99 Å². The zero-order chi connectivity index (χ0) is 19.4. The first-order valence-corrected chi connectivity index (χ1v) is 8.71. The molecule has 27 heavy (non-hydrogen) atoms. The van der Waals surface area contributed by atoms with Crippen molar-refractivity contribution in [3.63, 3.8) is 0 Å². The Kier molecular flexibility index (Phi) is 5.40. The van der Waals surface area contributed by atoms with Gasteiger partial charge in [-0.15, -0.1) is 0 Å². The molecule has 3 aromatic rings. The van der Waals surface area contributed by atoms with Crippen molar-refractivity contribution >= 4 is 33.1 Å². The summed E-state index contributed by atoms with van der Waals surface area (Å²) in [5, 5.41) is 19.9. The van der Waals surface area contributed by atoms with Crippen LogP contribution in [-0.4, -0.2) is 29.1 Å². The average Bonchev–Trinajstić information content (AvgIpc) is 3.02. The van der Waals surface area contributed by atoms with Gasteiger partial charge in [0.2, 0.25) is 0 Å². The molecule has 0 aliphatic carbocycles. The SMILES string of the molecule is COCCn1c(=NC(=O)c2ccc(C#N)cc2)sc2ccc([N+](=O)[O-])cc21. The number of amides is 1. The van der Waals surface area contributed by atoms with Crippen LogP contribution in [0, 0.1) is 21.4 Å². The number of methoxy groups -OCH3 is 1. The van der Waals surface area contributed by atoms with Crippen LogP contribution in [0.1, 0.15) is 15.9 Å². The van der Waals surface area contributed by atoms with Gasteiger partial charge >= 0.3 is 0 Å². The number of non-ortho nitro benzene ring substituents is 1. The second-order valence-corrected chi connectivity index (χ2v) is 6.55. The third-order valence-electron chi connectivity index (χ3n) is 3.85. The maximum atomic E-state index is 12.5. The molecule has 0 atom stereocenters. The van der Waals surface area contributed by atoms with Gasteiger partial charge in [0.15, 0.2) is 4.80 Å². The van der Waals surface area contributed by atoms with E-state index in [2.05, 4.69) is 4.99 Å². The van der Waals surface area contributed by atoms with Crippen LogP contribution in [0.15, 0.2) is 47.5 Å². The number of hydrogen-bond donors (Lipinski definition) is 0. The number of thiazole rings is 1. The van der Waals surface area contributed by atoms with Gasteiger partial charge in [0, 0.05) is 31.4 Å². The molecule has 1 amide bonds. The summed E-state index contributed by atoms with van der Waals surface area (Å²) in [5.74, 6) is -0.452. The zero-order valence-corrected chi connectivity index (χ0v) is 15.1. The van der Waals surface area contributed by atoms with Crippen molar-refractivity contribution in [2.75, 3.05) is 13.7 Å². The number of ether oxygens (including phenoxy) is 1. The number of aromatic nitrogens is 1. The van der Waals surface area contributed by atoms with Crippen LogP contribution in [-0.2, 0) is 11.3 Å². The van der Waals surface area contributed by atoms with Crippen LogP contribution in [0.25, 0.3) is 10.2 Å². The summed E-state index contributed by atoms with van der Waals surface area (Å²) in [5.41, 5.74) is 1.40. The Hall–Kier alpha value is -3.35. The lowest BCUT2D eigenvalue weighted by Crippen LogP contribution is -2.19. The number of nitro groups is 1. The number of nitrogens with zero attached hydrogens (tertiary/aromatic N) is 4. The Labute approximate surface area is 157 Å². The fourth-order valence-electron chi connectivity index (χ4n) is 2.49. The van der Waals surface area contributed by atoms with E-state index in [0.717, 1.165) is 4.70 Å². The lowest BCUT2D eigenvalue weighted by molar-refractivity contribution is -0.384. The first kappa shape index (κ1) is 18.4. The fourth-order valence-corrected chi connectivity index (χ4v) is 3.53. The molecule has 0 aliphatic heterocycles. The molecule has 0 radical (unpaired) electrons. The molecule has 0 bridgehead atoms. The second-order valence-electron chi connectivity index (χ2n) is 5.54. The number of carbonyl (C=O) groups is 1. The Morgan fingerprint density at radius 2 is 2.07 bits per heavy atom. The molecule has 3 rings (SSSR count). The molecular weight excluding hydrogens is 368 g/mol. The van der Waals surface area contributed by atoms with Gasteiger partial charge in [0.05, 0.1) is 33.4 Å². The largest absolute Gasteiger partial charge is 0.383 e. The van der Waals surface area contributed by atoms with Crippen LogP contribution >= 0.6 is 11.3 Å². The molecule has 2 aromatic carbocycles. The summed E-state index contributed by atoms with van der Waals surface area (Å²) in [6, 6.07) is 12.7. The normalized spacial score (nSPS) is 11.5. The molecule has 0 unspecified atom stereocenters. The third-order valence-corrected chi connectivity index (χ3v) is 4.91. The van der Waals surface area contributed by atoms with E-state index in [1.165, 1.54) is 23.5 Å². The minimum atomic E-state index is -0.462. The highest BCUT2D eigenvalue weighted by molar-refractivity contribution is 7.16. The van der Waals surface area contributed by atoms with E-state index >= 15 is 0 Å². The van der Waals surface area contributed by atoms with Crippen molar-refractivity contribution < 1.29 is 14.5 Å². The molecule has 0 aliphatic rings. The van der Waals surface area contributed by atoms with Crippen LogP contribution in [0.4, 0.5) is 5.69 Å². The van der Waals surface area contributed by atoms with Crippen LogP contribution in [0.2, 0.25) is 0 Å². The van der Waals surface area contributed by atoms with Gasteiger partial charge in [-0.25, -0.2) is 0 Å². The Morgan fingerprint density at radius 3 is 2.70 bits per heavy atom. The van der Waals surface area contributed by atoms with Gasteiger partial charge in [-0.3, -0.25) is 14.9 Å². The number of rotatable bonds is 5. The van der Waals surface area contributed by atoms with Crippen molar-refractivity contribution in [1.29, 1.82) is 5.26 Å². The molecule has 0 spiro atoms. The van der Waals surface area contributed by atoms with E-state index in [0.29, 0.717) is 34.6 Å². The molecular formula is C18H14N4O4S. The van der Waals surface area contributed by atoms with Gasteiger partial charge in [-0.05, 0) is 30.3 Å². The molecule has 0 saturated heterocycles. The van der Waals surface area contributed by atoms with Gasteiger partial charge in [0.1, 0.15) is 0 Å². The van der Waals surface area contributed by atoms with Crippen LogP contribution < -0.4 is 4.80 Å². The quantitative estimate of drug-likeness (QED) is 0.498. The number of fused-ring (bicyclic) bond motifs is 1. The number of hydrogen-bond acceptors (Lipinski definition) is 6. The minimum Gasteiger partial charge on any atom is -0.383 e. The van der Waals surface area contributed by atoms with E-state index in [-0.39, 0.29) is 5.69 Å². The number of nitro benzene ring substituents is 1. The van der Waals surface area contributed by atoms with E-state index < -0.39 is 10.8 Å². The number of benzene rings is 2. The summed E-state index contributed by atoms with van der Waals surface area (Å²) in [7, 11) is 1.55. The smallest absolute Gasteiger partial charge is 0.279 e. The highest BCUT2D eigenvalue weighted by atomic mass is 32.1. The van der Waals surface area contributed by atoms with Crippen molar-refractivity contribution in [1.82, 2.24) is 4.57 Å². The lowest BCUT2D eigenvalue weighted by Gasteiger charge is -2.04. The van der Waals surface area contributed by atoms with Gasteiger partial charge in [-0.1, -0.05) is 11.3 Å². The molecule has 0 fully saturated rings. The first-order valence-electron chi connectivity index (χ1n) is 7.89. The van der Waals surface area contributed by atoms with Crippen LogP contribution in [0.5, 0.6) is 0 Å². The summed E-state index contributed by atoms with van der Waals surface area (Å²) >= 11 is 1.27. The van der Waals surface area contributed by atoms with E-state index in [4.69, 9.17) is 10.00 Å². The molecule has 0 N–H and O–H groups in total. The summed E-state index contributed by atoms with van der Waals surface area (Å²) < 4.78 is 7.62. The minimum absolute atomic E-state index is 0.0311. The Morgan fingerprint density at radius 1 is 1.33 bits per heavy atom. The van der Waals surface area contributed by atoms with E-state index in [9.17, 15) is 14.9 Å². The van der Waals surface area contributed by atoms with Gasteiger partial charge < -0.3 is 9.30 Å². The zero-order valence-electron chi connectivity index (χ0n) is 14.3. The molecule has 8 nitrogen and oxygen atoms in total. The van der Waals surface area contributed by atoms with Crippen LogP contribution in [0.3, 0.4) is 0 Å². The summed E-state index contributed by atoms with van der Waals surface area (Å²) in [6.45, 7) is 0.768. The first-order chi connectivity index (χ1) is 13.0. The Bertz CT molecular complexity index is 1120. The van der Waals surface area contributed by atoms with Crippen molar-refractivity contribution in [3.8, 4) is 6.07 Å². The molecule has 1 heterocycles. The lowest BCUT2D eigenvalue weighted by atomic mass is 10.1. The van der Waals surface area contributed by atoms with Crippen molar-refractivity contribution in [3.05, 3.63) is 68.5 Å². The molecule has 0 saturated carbocycles. The predicted molar refractivity (Wildman–Crippen MR) is 99.4 cm³/mol. The maximum absolute atomic E-state index is 12.5. The fraction of sp³-hybridized carbons (Fsp3) is 0.167. The third kappa shape index (κ3) is 3.92. The Balaban J connectivity index is 2.10. The topological polar surface area (TPSA) is 111 Å². The highest BCUT2D eigenvalue weighted by Gasteiger charge is 2.13. The standard InChI is InChI=1S/C18H14N4O4S/c1-26-9-8-21-15-10-14(22(24)25)6-7-16(15)27-18(21)20-17(23)13-4-2-12(11-19)3-5-13/h2-7,10H,8-9H2,1H3. The van der Waals surface area contributed by atoms with Gasteiger partial charge in [0.25, 0.3) is 11.6 Å². The number of nitriles is 1. The average molecular weight is 382 g/mol. The number of carbonyl (C=O) groups excluding carboxylic acids is 1. The monoisotopic (exact) mass is 382 g/mol. The van der Waals surface area contributed by atoms with E-state index in [1.54, 1.807) is 42.0 Å². The maximum Gasteiger partial charge on any atom is 0.279 e. The molecule has 9 heteroatoms. The van der Waals surface area contributed by atoms with E-state index in [1.807, 2.05) is 6.07 Å². The summed E-state index contributed by atoms with van der Waals surface area (Å²) in [6.07, 6.45) is 0. The predicted octanol–water partition coefficient (Wildman–Crippen LogP) is 2.87. The molecule has 136 valence electrons. The summed E-state index contributed by atoms with van der Waals surface area (Å²) in [4.78, 5) is 27.7. The van der Waals surface area contributed by atoms with Crippen molar-refractivity contribution in [2.45, 2.75) is 6.54 Å². The second kappa shape index (κ2) is 7.90. The van der Waals surface area contributed by atoms with Gasteiger partial charge in [-0.2, -0.15) is 10.3 Å².